The monoisotopic (exact) mass is 580 g/mol. The minimum Gasteiger partial charge on any atom is -0.497 e. The van der Waals surface area contributed by atoms with E-state index in [4.69, 9.17) is 9.47 Å². The average molecular weight is 581 g/mol. The molecule has 2 rings (SSSR count). The maximum absolute atomic E-state index is 11.6. The molecule has 0 atom stereocenters. The molecule has 232 valence electrons. The molecular formula is C36H52O6. The molecule has 42 heavy (non-hydrogen) atoms. The Bertz CT molecular complexity index is 1100. The Hall–Kier alpha value is -3.54. The molecule has 0 bridgehead atoms. The van der Waals surface area contributed by atoms with Crippen LogP contribution in [0.5, 0.6) is 5.75 Å². The summed E-state index contributed by atoms with van der Waals surface area (Å²) in [6, 6.07) is 17.3. The molecule has 0 spiro atoms. The van der Waals surface area contributed by atoms with Crippen molar-refractivity contribution in [2.24, 2.45) is 0 Å². The predicted molar refractivity (Wildman–Crippen MR) is 173 cm³/mol. The van der Waals surface area contributed by atoms with Crippen LogP contribution in [0.1, 0.15) is 115 Å². The van der Waals surface area contributed by atoms with Crippen LogP contribution in [0.25, 0.3) is 11.1 Å². The van der Waals surface area contributed by atoms with Crippen molar-refractivity contribution in [3.05, 3.63) is 77.1 Å². The smallest absolute Gasteiger partial charge is 0.371 e. The number of carboxylic acid groups (broad SMARTS) is 2. The second-order valence-corrected chi connectivity index (χ2v) is 10.4. The highest BCUT2D eigenvalue weighted by Crippen LogP contribution is 2.28. The van der Waals surface area contributed by atoms with Crippen LogP contribution in [-0.4, -0.2) is 36.4 Å². The molecule has 2 aromatic carbocycles. The van der Waals surface area contributed by atoms with E-state index in [1.165, 1.54) is 32.8 Å². The van der Waals surface area contributed by atoms with Gasteiger partial charge in [-0.2, -0.15) is 0 Å². The van der Waals surface area contributed by atoms with Crippen LogP contribution >= 0.6 is 0 Å². The highest BCUT2D eigenvalue weighted by atomic mass is 16.5. The number of rotatable bonds is 19. The van der Waals surface area contributed by atoms with Gasteiger partial charge in [-0.05, 0) is 60.9 Å². The van der Waals surface area contributed by atoms with Gasteiger partial charge in [0.15, 0.2) is 0 Å². The number of carboxylic acids is 2. The summed E-state index contributed by atoms with van der Waals surface area (Å²) in [4.78, 5) is 22.9. The molecule has 0 aromatic heterocycles. The van der Waals surface area contributed by atoms with Crippen molar-refractivity contribution >= 4 is 23.1 Å². The second-order valence-electron chi connectivity index (χ2n) is 10.4. The fourth-order valence-corrected chi connectivity index (χ4v) is 4.95. The Balaban J connectivity index is 0.000000420. The van der Waals surface area contributed by atoms with E-state index in [-0.39, 0.29) is 5.76 Å². The molecular weight excluding hydrogens is 528 g/mol. The molecule has 0 aliphatic heterocycles. The van der Waals surface area contributed by atoms with Gasteiger partial charge in [-0.25, -0.2) is 9.59 Å². The molecule has 6 nitrogen and oxygen atoms in total. The summed E-state index contributed by atoms with van der Waals surface area (Å²) in [5, 5.41) is 18.8. The zero-order valence-electron chi connectivity index (χ0n) is 26.4. The topological polar surface area (TPSA) is 93.1 Å². The minimum absolute atomic E-state index is 0.0646. The quantitative estimate of drug-likeness (QED) is 0.0976. The first-order valence-corrected chi connectivity index (χ1v) is 15.5. The number of hydrogen-bond acceptors (Lipinski definition) is 4. The van der Waals surface area contributed by atoms with Gasteiger partial charge in [-0.3, -0.25) is 0 Å². The van der Waals surface area contributed by atoms with Crippen molar-refractivity contribution in [3.63, 3.8) is 0 Å². The number of allylic oxidation sites excluding steroid dienone is 2. The van der Waals surface area contributed by atoms with E-state index in [0.717, 1.165) is 79.4 Å². The Morgan fingerprint density at radius 1 is 0.619 bits per heavy atom. The van der Waals surface area contributed by atoms with Gasteiger partial charge < -0.3 is 19.7 Å². The normalized spacial score (nSPS) is 11.9. The Kier molecular flexibility index (Phi) is 19.2. The van der Waals surface area contributed by atoms with E-state index >= 15 is 0 Å². The summed E-state index contributed by atoms with van der Waals surface area (Å²) in [6.07, 6.45) is 13.6. The van der Waals surface area contributed by atoms with Gasteiger partial charge in [0.1, 0.15) is 5.75 Å². The first kappa shape index (κ1) is 36.5. The zero-order chi connectivity index (χ0) is 31.2. The molecule has 0 aliphatic rings. The fourth-order valence-electron chi connectivity index (χ4n) is 4.95. The second kappa shape index (κ2) is 22.1. The highest BCUT2D eigenvalue weighted by Gasteiger charge is 2.17. The third kappa shape index (κ3) is 13.4. The van der Waals surface area contributed by atoms with E-state index in [1.807, 2.05) is 61.5 Å². The lowest BCUT2D eigenvalue weighted by molar-refractivity contribution is -0.136. The van der Waals surface area contributed by atoms with Crippen LogP contribution in [0.4, 0.5) is 0 Å². The summed E-state index contributed by atoms with van der Waals surface area (Å²) < 4.78 is 10.3. The molecule has 0 heterocycles. The Morgan fingerprint density at radius 2 is 1.14 bits per heavy atom. The van der Waals surface area contributed by atoms with Gasteiger partial charge in [0.25, 0.3) is 0 Å². The first-order chi connectivity index (χ1) is 20.3. The molecule has 0 unspecified atom stereocenters. The van der Waals surface area contributed by atoms with Gasteiger partial charge in [0.2, 0.25) is 5.76 Å². The van der Waals surface area contributed by atoms with Gasteiger partial charge in [-0.15, -0.1) is 0 Å². The summed E-state index contributed by atoms with van der Waals surface area (Å²) in [6.45, 7) is 6.37. The molecule has 0 saturated heterocycles. The van der Waals surface area contributed by atoms with Crippen molar-refractivity contribution in [2.75, 3.05) is 14.2 Å². The number of carbonyl (C=O) groups is 2. The van der Waals surface area contributed by atoms with Gasteiger partial charge in [0.05, 0.1) is 14.2 Å². The van der Waals surface area contributed by atoms with Crippen molar-refractivity contribution in [2.45, 2.75) is 104 Å². The van der Waals surface area contributed by atoms with E-state index < -0.39 is 11.9 Å². The van der Waals surface area contributed by atoms with Crippen molar-refractivity contribution in [1.29, 1.82) is 0 Å². The standard InChI is InChI=1S/2C18H26O3/c1-4-6-7-8-9-17(18(19)20)16(5-2)14-10-12-15(21-3)13-11-14;1-3-4-5-6-7-11-14-16(17(21-2)18(19)20)15-12-9-8-10-13-15/h10-13H,4-9H2,1-3H3,(H,19,20);8-10,12-13H,3-7,11,14H2,1-2H3,(H,19,20). The highest BCUT2D eigenvalue weighted by molar-refractivity contribution is 5.96. The molecule has 2 aromatic rings. The van der Waals surface area contributed by atoms with Crippen molar-refractivity contribution < 1.29 is 29.3 Å². The largest absolute Gasteiger partial charge is 0.497 e. The van der Waals surface area contributed by atoms with Crippen molar-refractivity contribution in [3.8, 4) is 5.75 Å². The predicted octanol–water partition coefficient (Wildman–Crippen LogP) is 9.79. The fraction of sp³-hybridized carbons (Fsp3) is 0.500. The van der Waals surface area contributed by atoms with E-state index in [9.17, 15) is 19.8 Å². The lowest BCUT2D eigenvalue weighted by Gasteiger charge is -2.12. The molecule has 6 heteroatoms. The van der Waals surface area contributed by atoms with Gasteiger partial charge in [-0.1, -0.05) is 115 Å². The Morgan fingerprint density at radius 3 is 1.64 bits per heavy atom. The summed E-state index contributed by atoms with van der Waals surface area (Å²) in [7, 11) is 3.05. The number of ether oxygens (including phenoxy) is 2. The lowest BCUT2D eigenvalue weighted by Crippen LogP contribution is -2.06. The molecule has 0 saturated carbocycles. The molecule has 0 radical (unpaired) electrons. The van der Waals surface area contributed by atoms with Gasteiger partial charge in [0, 0.05) is 11.1 Å². The lowest BCUT2D eigenvalue weighted by atomic mass is 9.94. The van der Waals surface area contributed by atoms with Crippen molar-refractivity contribution in [1.82, 2.24) is 0 Å². The summed E-state index contributed by atoms with van der Waals surface area (Å²) >= 11 is 0. The third-order valence-electron chi connectivity index (χ3n) is 7.27. The maximum atomic E-state index is 11.6. The van der Waals surface area contributed by atoms with Crippen LogP contribution in [-0.2, 0) is 14.3 Å². The van der Waals surface area contributed by atoms with Gasteiger partial charge >= 0.3 is 11.9 Å². The molecule has 0 amide bonds. The maximum Gasteiger partial charge on any atom is 0.371 e. The number of methoxy groups -OCH3 is 2. The van der Waals surface area contributed by atoms with E-state index in [0.29, 0.717) is 12.0 Å². The zero-order valence-corrected chi connectivity index (χ0v) is 26.4. The van der Waals surface area contributed by atoms with E-state index in [1.54, 1.807) is 7.11 Å². The van der Waals surface area contributed by atoms with Crippen LogP contribution in [0.15, 0.2) is 65.9 Å². The minimum atomic E-state index is -0.998. The van der Waals surface area contributed by atoms with E-state index in [2.05, 4.69) is 13.8 Å². The van der Waals surface area contributed by atoms with Crippen LogP contribution in [0.3, 0.4) is 0 Å². The first-order valence-electron chi connectivity index (χ1n) is 15.5. The molecule has 0 fully saturated rings. The number of hydrogen-bond donors (Lipinski definition) is 2. The van der Waals surface area contributed by atoms with Crippen LogP contribution in [0, 0.1) is 0 Å². The number of unbranched alkanes of at least 4 members (excludes halogenated alkanes) is 8. The summed E-state index contributed by atoms with van der Waals surface area (Å²) in [5.41, 5.74) is 4.19. The SMILES string of the molecule is CCCCCCC(C(=O)O)=C(CC)c1ccc(OC)cc1.CCCCCCCCC(=C(OC)C(=O)O)c1ccccc1. The average Bonchev–Trinajstić information content (AvgIpc) is 3.00. The number of benzene rings is 2. The molecule has 2 N–H and O–H groups in total. The summed E-state index contributed by atoms with van der Waals surface area (Å²) in [5.74, 6) is -0.940. The molecule has 0 aliphatic carbocycles. The van der Waals surface area contributed by atoms with Crippen LogP contribution < -0.4 is 4.74 Å². The third-order valence-corrected chi connectivity index (χ3v) is 7.27. The number of aliphatic carboxylic acids is 2. The Labute approximate surface area is 253 Å². The van der Waals surface area contributed by atoms with Crippen LogP contribution in [0.2, 0.25) is 0 Å².